The van der Waals surface area contributed by atoms with Crippen LogP contribution in [-0.4, -0.2) is 48.8 Å². The minimum atomic E-state index is -0.329. The van der Waals surface area contributed by atoms with E-state index >= 15 is 0 Å². The molecule has 8 heteroatoms. The summed E-state index contributed by atoms with van der Waals surface area (Å²) >= 11 is 0. The van der Waals surface area contributed by atoms with Crippen LogP contribution in [0.4, 0.5) is 15.8 Å². The Bertz CT molecular complexity index is 1370. The second-order valence-electron chi connectivity index (χ2n) is 10.8. The van der Waals surface area contributed by atoms with E-state index in [9.17, 15) is 18.8 Å². The Balaban J connectivity index is 1.33. The molecule has 0 spiro atoms. The average molecular weight is 557 g/mol. The highest BCUT2D eigenvalue weighted by atomic mass is 19.1. The number of carbonyl (C=O) groups is 3. The first kappa shape index (κ1) is 28.3. The van der Waals surface area contributed by atoms with Crippen molar-refractivity contribution in [3.05, 3.63) is 95.3 Å². The molecule has 1 atom stereocenters. The summed E-state index contributed by atoms with van der Waals surface area (Å²) in [5, 5.41) is 5.89. The van der Waals surface area contributed by atoms with E-state index in [0.717, 1.165) is 42.5 Å². The fourth-order valence-corrected chi connectivity index (χ4v) is 5.38. The molecule has 1 aliphatic heterocycles. The minimum absolute atomic E-state index is 0.0248. The number of nitrogens with one attached hydrogen (secondary N) is 2. The third kappa shape index (κ3) is 7.12. The van der Waals surface area contributed by atoms with Crippen molar-refractivity contribution in [3.63, 3.8) is 0 Å². The van der Waals surface area contributed by atoms with Crippen molar-refractivity contribution in [1.82, 2.24) is 10.2 Å². The van der Waals surface area contributed by atoms with Crippen molar-refractivity contribution < 1.29 is 18.8 Å². The van der Waals surface area contributed by atoms with Gasteiger partial charge in [-0.3, -0.25) is 14.4 Å². The molecule has 5 rings (SSSR count). The van der Waals surface area contributed by atoms with Gasteiger partial charge in [0.15, 0.2) is 0 Å². The Labute approximate surface area is 240 Å². The quantitative estimate of drug-likeness (QED) is 0.373. The second kappa shape index (κ2) is 13.0. The van der Waals surface area contributed by atoms with Crippen LogP contribution in [0.5, 0.6) is 0 Å². The van der Waals surface area contributed by atoms with E-state index in [1.54, 1.807) is 18.2 Å². The van der Waals surface area contributed by atoms with Crippen molar-refractivity contribution >= 4 is 29.1 Å². The smallest absolute Gasteiger partial charge is 0.253 e. The Kier molecular flexibility index (Phi) is 8.97. The van der Waals surface area contributed by atoms with E-state index in [4.69, 9.17) is 0 Å². The van der Waals surface area contributed by atoms with E-state index < -0.39 is 0 Å². The Morgan fingerprint density at radius 1 is 0.927 bits per heavy atom. The van der Waals surface area contributed by atoms with Crippen LogP contribution in [0, 0.1) is 11.7 Å². The Morgan fingerprint density at radius 3 is 2.39 bits per heavy atom. The first-order valence-electron chi connectivity index (χ1n) is 14.5. The van der Waals surface area contributed by atoms with Gasteiger partial charge in [0.1, 0.15) is 5.82 Å². The van der Waals surface area contributed by atoms with Crippen LogP contribution in [-0.2, 0) is 16.1 Å². The third-order valence-electron chi connectivity index (χ3n) is 7.88. The average Bonchev–Trinajstić information content (AvgIpc) is 3.86. The lowest BCUT2D eigenvalue weighted by Gasteiger charge is -2.28. The first-order chi connectivity index (χ1) is 19.9. The van der Waals surface area contributed by atoms with Gasteiger partial charge in [0.05, 0.1) is 11.5 Å². The van der Waals surface area contributed by atoms with Gasteiger partial charge in [-0.05, 0) is 67.1 Å². The molecule has 1 aliphatic carbocycles. The van der Waals surface area contributed by atoms with Crippen LogP contribution < -0.4 is 15.5 Å². The lowest BCUT2D eigenvalue weighted by Crippen LogP contribution is -2.38. The number of hydrogen-bond donors (Lipinski definition) is 2. The maximum absolute atomic E-state index is 13.5. The molecule has 3 amide bonds. The van der Waals surface area contributed by atoms with Crippen molar-refractivity contribution in [2.24, 2.45) is 5.92 Å². The van der Waals surface area contributed by atoms with E-state index in [2.05, 4.69) is 15.5 Å². The molecule has 2 fully saturated rings. The topological polar surface area (TPSA) is 81.8 Å². The highest BCUT2D eigenvalue weighted by Crippen LogP contribution is 2.32. The highest BCUT2D eigenvalue weighted by Gasteiger charge is 2.30. The second-order valence-corrected chi connectivity index (χ2v) is 10.8. The Morgan fingerprint density at radius 2 is 1.68 bits per heavy atom. The predicted molar refractivity (Wildman–Crippen MR) is 158 cm³/mol. The summed E-state index contributed by atoms with van der Waals surface area (Å²) in [5.74, 6) is -0.630. The molecule has 0 bridgehead atoms. The van der Waals surface area contributed by atoms with Crippen molar-refractivity contribution in [1.29, 1.82) is 0 Å². The maximum Gasteiger partial charge on any atom is 0.253 e. The largest absolute Gasteiger partial charge is 0.369 e. The van der Waals surface area contributed by atoms with Crippen molar-refractivity contribution in [2.75, 3.05) is 36.4 Å². The van der Waals surface area contributed by atoms with Crippen LogP contribution in [0.25, 0.3) is 0 Å². The van der Waals surface area contributed by atoms with Gasteiger partial charge >= 0.3 is 0 Å². The number of hydrogen-bond acceptors (Lipinski definition) is 4. The lowest BCUT2D eigenvalue weighted by molar-refractivity contribution is -0.132. The summed E-state index contributed by atoms with van der Waals surface area (Å²) in [6.45, 7) is 4.78. The molecule has 1 heterocycles. The van der Waals surface area contributed by atoms with Gasteiger partial charge < -0.3 is 20.4 Å². The zero-order valence-electron chi connectivity index (χ0n) is 23.4. The van der Waals surface area contributed by atoms with Crippen LogP contribution >= 0.6 is 0 Å². The standard InChI is InChI=1S/C33H37FN4O3/c1-2-28(24-7-4-3-5-8-24)33(41)38-18-6-17-37(19-20-38)30-16-15-27(36-31(39)25-11-12-25)21-29(30)32(40)35-22-23-9-13-26(34)14-10-23/h3-5,7-10,13-16,21,25,28H,2,6,11-12,17-20,22H2,1H3,(H,35,40)(H,36,39)/t28-/m0/s1. The Hall–Kier alpha value is -4.20. The van der Waals surface area contributed by atoms with Gasteiger partial charge in [0.2, 0.25) is 11.8 Å². The number of halogens is 1. The fraction of sp³-hybridized carbons (Fsp3) is 0.364. The molecule has 7 nitrogen and oxygen atoms in total. The third-order valence-corrected chi connectivity index (χ3v) is 7.88. The monoisotopic (exact) mass is 556 g/mol. The van der Waals surface area contributed by atoms with Crippen LogP contribution in [0.2, 0.25) is 0 Å². The normalized spacial score (nSPS) is 16.0. The summed E-state index contributed by atoms with van der Waals surface area (Å²) < 4.78 is 13.3. The number of amides is 3. The van der Waals surface area contributed by atoms with Crippen molar-refractivity contribution in [3.8, 4) is 0 Å². The molecule has 3 aromatic carbocycles. The SMILES string of the molecule is CC[C@H](C(=O)N1CCCN(c2ccc(NC(=O)C3CC3)cc2C(=O)NCc2ccc(F)cc2)CC1)c1ccccc1. The summed E-state index contributed by atoms with van der Waals surface area (Å²) in [4.78, 5) is 43.5. The van der Waals surface area contributed by atoms with Crippen LogP contribution in [0.15, 0.2) is 72.8 Å². The van der Waals surface area contributed by atoms with Gasteiger partial charge in [0, 0.05) is 50.0 Å². The van der Waals surface area contributed by atoms with Gasteiger partial charge in [-0.2, -0.15) is 0 Å². The number of rotatable bonds is 9. The highest BCUT2D eigenvalue weighted by molar-refractivity contribution is 6.02. The zero-order chi connectivity index (χ0) is 28.8. The van der Waals surface area contributed by atoms with E-state index in [0.29, 0.717) is 37.4 Å². The summed E-state index contributed by atoms with van der Waals surface area (Å²) in [6, 6.07) is 21.4. The van der Waals surface area contributed by atoms with Gasteiger partial charge in [0.25, 0.3) is 5.91 Å². The summed E-state index contributed by atoms with van der Waals surface area (Å²) in [7, 11) is 0. The van der Waals surface area contributed by atoms with Crippen LogP contribution in [0.3, 0.4) is 0 Å². The molecule has 1 saturated heterocycles. The van der Waals surface area contributed by atoms with Gasteiger partial charge in [-0.1, -0.05) is 49.4 Å². The minimum Gasteiger partial charge on any atom is -0.369 e. The summed E-state index contributed by atoms with van der Waals surface area (Å²) in [6.07, 6.45) is 3.28. The maximum atomic E-state index is 13.5. The zero-order valence-corrected chi connectivity index (χ0v) is 23.4. The van der Waals surface area contributed by atoms with Gasteiger partial charge in [-0.25, -0.2) is 4.39 Å². The number of carbonyl (C=O) groups excluding carboxylic acids is 3. The number of nitrogens with zero attached hydrogens (tertiary/aromatic N) is 2. The van der Waals surface area contributed by atoms with E-state index in [1.807, 2.05) is 54.3 Å². The fourth-order valence-electron chi connectivity index (χ4n) is 5.38. The molecular weight excluding hydrogens is 519 g/mol. The molecular formula is C33H37FN4O3. The molecule has 1 saturated carbocycles. The van der Waals surface area contributed by atoms with E-state index in [1.165, 1.54) is 12.1 Å². The van der Waals surface area contributed by atoms with Crippen molar-refractivity contribution in [2.45, 2.75) is 45.1 Å². The molecule has 0 aromatic heterocycles. The first-order valence-corrected chi connectivity index (χ1v) is 14.5. The molecule has 41 heavy (non-hydrogen) atoms. The lowest BCUT2D eigenvalue weighted by atomic mass is 9.95. The molecule has 3 aromatic rings. The molecule has 214 valence electrons. The molecule has 0 unspecified atom stereocenters. The molecule has 0 radical (unpaired) electrons. The summed E-state index contributed by atoms with van der Waals surface area (Å²) in [5.41, 5.74) is 3.61. The van der Waals surface area contributed by atoms with Crippen LogP contribution in [0.1, 0.15) is 60.0 Å². The molecule has 2 N–H and O–H groups in total. The number of anilines is 2. The number of benzene rings is 3. The van der Waals surface area contributed by atoms with Gasteiger partial charge in [-0.15, -0.1) is 0 Å². The van der Waals surface area contributed by atoms with E-state index in [-0.39, 0.29) is 41.9 Å². The predicted octanol–water partition coefficient (Wildman–Crippen LogP) is 5.34. The molecule has 2 aliphatic rings.